The van der Waals surface area contributed by atoms with E-state index in [4.69, 9.17) is 16.3 Å². The Hall–Kier alpha value is -3.44. The van der Waals surface area contributed by atoms with Crippen LogP contribution in [0.25, 0.3) is 21.7 Å². The van der Waals surface area contributed by atoms with Gasteiger partial charge in [0.15, 0.2) is 6.10 Å². The summed E-state index contributed by atoms with van der Waals surface area (Å²) < 4.78 is 5.33. The summed E-state index contributed by atoms with van der Waals surface area (Å²) in [7, 11) is 0. The molecule has 1 unspecified atom stereocenters. The maximum absolute atomic E-state index is 12.5. The van der Waals surface area contributed by atoms with E-state index in [1.54, 1.807) is 30.3 Å². The number of nitrogens with zero attached hydrogens (tertiary/aromatic N) is 1. The lowest BCUT2D eigenvalue weighted by molar-refractivity contribution is -0.123. The number of nitrogens with one attached hydrogen (secondary N) is 1. The van der Waals surface area contributed by atoms with Gasteiger partial charge in [-0.25, -0.2) is 9.78 Å². The van der Waals surface area contributed by atoms with Crippen molar-refractivity contribution < 1.29 is 14.3 Å². The molecule has 0 bridgehead atoms. The Kier molecular flexibility index (Phi) is 5.14. The van der Waals surface area contributed by atoms with Crippen molar-refractivity contribution in [1.29, 1.82) is 0 Å². The molecule has 3 aromatic carbocycles. The van der Waals surface area contributed by atoms with Gasteiger partial charge in [-0.05, 0) is 60.2 Å². The predicted molar refractivity (Wildman–Crippen MR) is 114 cm³/mol. The van der Waals surface area contributed by atoms with E-state index >= 15 is 0 Å². The molecule has 0 aliphatic carbocycles. The van der Waals surface area contributed by atoms with Crippen LogP contribution in [0, 0.1) is 0 Å². The number of benzene rings is 3. The fraction of sp³-hybridized carbons (Fsp3) is 0.0870. The second-order valence-corrected chi connectivity index (χ2v) is 7.03. The number of halogens is 1. The SMILES string of the molecule is CC(OC(=O)c1ccc2nc(Cl)ccc2c1)C(=O)Nc1ccc2ccccc2c1. The number of hydrogen-bond donors (Lipinski definition) is 1. The van der Waals surface area contributed by atoms with E-state index in [0.29, 0.717) is 21.9 Å². The molecule has 1 heterocycles. The number of fused-ring (bicyclic) bond motifs is 2. The molecule has 0 saturated carbocycles. The van der Waals surface area contributed by atoms with Gasteiger partial charge in [0.05, 0.1) is 11.1 Å². The number of esters is 1. The van der Waals surface area contributed by atoms with Crippen LogP contribution in [0.15, 0.2) is 72.8 Å². The molecule has 5 nitrogen and oxygen atoms in total. The van der Waals surface area contributed by atoms with Crippen molar-refractivity contribution in [1.82, 2.24) is 4.98 Å². The van der Waals surface area contributed by atoms with E-state index in [1.165, 1.54) is 6.92 Å². The van der Waals surface area contributed by atoms with Crippen LogP contribution in [0.1, 0.15) is 17.3 Å². The molecule has 1 amide bonds. The Balaban J connectivity index is 1.44. The first kappa shape index (κ1) is 18.9. The van der Waals surface area contributed by atoms with Gasteiger partial charge in [0.25, 0.3) is 5.91 Å². The van der Waals surface area contributed by atoms with E-state index in [1.807, 2.05) is 42.5 Å². The Morgan fingerprint density at radius 2 is 1.69 bits per heavy atom. The summed E-state index contributed by atoms with van der Waals surface area (Å²) in [6.07, 6.45) is -0.951. The zero-order chi connectivity index (χ0) is 20.4. The highest BCUT2D eigenvalue weighted by atomic mass is 35.5. The summed E-state index contributed by atoms with van der Waals surface area (Å²) in [5, 5.41) is 6.02. The normalized spacial score (nSPS) is 11.9. The van der Waals surface area contributed by atoms with E-state index < -0.39 is 18.0 Å². The van der Waals surface area contributed by atoms with Gasteiger partial charge in [0.2, 0.25) is 0 Å². The van der Waals surface area contributed by atoms with Crippen molar-refractivity contribution in [3.8, 4) is 0 Å². The van der Waals surface area contributed by atoms with Gasteiger partial charge in [-0.2, -0.15) is 0 Å². The largest absolute Gasteiger partial charge is 0.449 e. The molecule has 0 aliphatic heterocycles. The van der Waals surface area contributed by atoms with Crippen molar-refractivity contribution >= 4 is 50.8 Å². The van der Waals surface area contributed by atoms with Crippen molar-refractivity contribution in [3.63, 3.8) is 0 Å². The summed E-state index contributed by atoms with van der Waals surface area (Å²) in [5.41, 5.74) is 1.66. The lowest BCUT2D eigenvalue weighted by Gasteiger charge is -2.14. The van der Waals surface area contributed by atoms with Crippen molar-refractivity contribution in [3.05, 3.63) is 83.5 Å². The zero-order valence-electron chi connectivity index (χ0n) is 15.6. The fourth-order valence-corrected chi connectivity index (χ4v) is 3.17. The van der Waals surface area contributed by atoms with Crippen LogP contribution in [0.3, 0.4) is 0 Å². The number of amides is 1. The molecule has 0 radical (unpaired) electrons. The number of rotatable bonds is 4. The average Bonchev–Trinajstić information content (AvgIpc) is 2.73. The Labute approximate surface area is 172 Å². The van der Waals surface area contributed by atoms with Gasteiger partial charge in [0, 0.05) is 11.1 Å². The Morgan fingerprint density at radius 3 is 2.52 bits per heavy atom. The third-order valence-corrected chi connectivity index (χ3v) is 4.77. The molecular formula is C23H17ClN2O3. The molecule has 1 aromatic heterocycles. The van der Waals surface area contributed by atoms with Gasteiger partial charge < -0.3 is 10.1 Å². The first-order chi connectivity index (χ1) is 14.0. The van der Waals surface area contributed by atoms with E-state index in [2.05, 4.69) is 10.3 Å². The molecule has 4 aromatic rings. The summed E-state index contributed by atoms with van der Waals surface area (Å²) in [6.45, 7) is 1.54. The summed E-state index contributed by atoms with van der Waals surface area (Å²) in [5.74, 6) is -0.981. The maximum atomic E-state index is 12.5. The highest BCUT2D eigenvalue weighted by Crippen LogP contribution is 2.20. The van der Waals surface area contributed by atoms with Crippen LogP contribution in [0.4, 0.5) is 5.69 Å². The molecule has 0 aliphatic rings. The topological polar surface area (TPSA) is 68.3 Å². The maximum Gasteiger partial charge on any atom is 0.338 e. The summed E-state index contributed by atoms with van der Waals surface area (Å²) in [6, 6.07) is 21.9. The highest BCUT2D eigenvalue weighted by molar-refractivity contribution is 6.29. The minimum atomic E-state index is -0.951. The van der Waals surface area contributed by atoms with Gasteiger partial charge in [-0.15, -0.1) is 0 Å². The van der Waals surface area contributed by atoms with Gasteiger partial charge in [-0.3, -0.25) is 4.79 Å². The van der Waals surface area contributed by atoms with Crippen LogP contribution < -0.4 is 5.32 Å². The third kappa shape index (κ3) is 4.20. The van der Waals surface area contributed by atoms with Crippen LogP contribution in [0.5, 0.6) is 0 Å². The number of hydrogen-bond acceptors (Lipinski definition) is 4. The Morgan fingerprint density at radius 1 is 0.931 bits per heavy atom. The molecule has 0 spiro atoms. The Bertz CT molecular complexity index is 1240. The average molecular weight is 405 g/mol. The molecule has 144 valence electrons. The van der Waals surface area contributed by atoms with E-state index in [0.717, 1.165) is 16.2 Å². The number of aromatic nitrogens is 1. The molecular weight excluding hydrogens is 388 g/mol. The van der Waals surface area contributed by atoms with Crippen LogP contribution in [0.2, 0.25) is 5.15 Å². The number of ether oxygens (including phenoxy) is 1. The predicted octanol–water partition coefficient (Wildman–Crippen LogP) is 5.23. The number of carbonyl (C=O) groups is 2. The second-order valence-electron chi connectivity index (χ2n) is 6.64. The smallest absolute Gasteiger partial charge is 0.338 e. The monoisotopic (exact) mass is 404 g/mol. The van der Waals surface area contributed by atoms with Crippen molar-refractivity contribution in [2.45, 2.75) is 13.0 Å². The minimum absolute atomic E-state index is 0.340. The molecule has 6 heteroatoms. The lowest BCUT2D eigenvalue weighted by atomic mass is 10.1. The number of anilines is 1. The minimum Gasteiger partial charge on any atom is -0.449 e. The van der Waals surface area contributed by atoms with Gasteiger partial charge in [0.1, 0.15) is 5.15 Å². The molecule has 1 atom stereocenters. The van der Waals surface area contributed by atoms with Crippen molar-refractivity contribution in [2.24, 2.45) is 0 Å². The lowest BCUT2D eigenvalue weighted by Crippen LogP contribution is -2.30. The van der Waals surface area contributed by atoms with Crippen LogP contribution in [-0.2, 0) is 9.53 Å². The molecule has 0 saturated heterocycles. The highest BCUT2D eigenvalue weighted by Gasteiger charge is 2.19. The van der Waals surface area contributed by atoms with E-state index in [9.17, 15) is 9.59 Å². The third-order valence-electron chi connectivity index (χ3n) is 4.56. The first-order valence-corrected chi connectivity index (χ1v) is 9.44. The number of pyridine rings is 1. The van der Waals surface area contributed by atoms with Crippen LogP contribution in [-0.4, -0.2) is 23.0 Å². The molecule has 1 N–H and O–H groups in total. The van der Waals surface area contributed by atoms with Crippen LogP contribution >= 0.6 is 11.6 Å². The quantitative estimate of drug-likeness (QED) is 0.373. The zero-order valence-corrected chi connectivity index (χ0v) is 16.3. The summed E-state index contributed by atoms with van der Waals surface area (Å²) in [4.78, 5) is 29.1. The van der Waals surface area contributed by atoms with Gasteiger partial charge >= 0.3 is 5.97 Å². The molecule has 4 rings (SSSR count). The standard InChI is InChI=1S/C23H17ClN2O3/c1-14(22(27)25-19-9-6-15-4-2-3-5-16(15)13-19)29-23(28)18-7-10-20-17(12-18)8-11-21(24)26-20/h2-14H,1H3,(H,25,27). The van der Waals surface area contributed by atoms with E-state index in [-0.39, 0.29) is 0 Å². The molecule has 0 fully saturated rings. The van der Waals surface area contributed by atoms with Gasteiger partial charge in [-0.1, -0.05) is 41.9 Å². The summed E-state index contributed by atoms with van der Waals surface area (Å²) >= 11 is 5.88. The molecule has 29 heavy (non-hydrogen) atoms. The number of carbonyl (C=O) groups excluding carboxylic acids is 2. The first-order valence-electron chi connectivity index (χ1n) is 9.06. The fourth-order valence-electron chi connectivity index (χ4n) is 3.02. The van der Waals surface area contributed by atoms with Crippen molar-refractivity contribution in [2.75, 3.05) is 5.32 Å². The second kappa shape index (κ2) is 7.89.